The van der Waals surface area contributed by atoms with E-state index in [1.54, 1.807) is 35.4 Å². The first-order chi connectivity index (χ1) is 11.3. The highest BCUT2D eigenvalue weighted by Crippen LogP contribution is 2.32. The second-order valence-corrected chi connectivity index (χ2v) is 5.63. The van der Waals surface area contributed by atoms with E-state index in [0.717, 1.165) is 22.0 Å². The maximum Gasteiger partial charge on any atom is 0.212 e. The number of pyridine rings is 1. The highest BCUT2D eigenvalue weighted by molar-refractivity contribution is 7.12. The van der Waals surface area contributed by atoms with E-state index in [4.69, 9.17) is 0 Å². The van der Waals surface area contributed by atoms with Crippen molar-refractivity contribution in [1.29, 1.82) is 0 Å². The Morgan fingerprint density at radius 3 is 2.39 bits per heavy atom. The molecule has 23 heavy (non-hydrogen) atoms. The molecule has 0 atom stereocenters. The Balaban J connectivity index is 1.95. The van der Waals surface area contributed by atoms with E-state index in [2.05, 4.69) is 20.3 Å². The summed E-state index contributed by atoms with van der Waals surface area (Å²) in [5.74, 6) is -0.286. The minimum absolute atomic E-state index is 0.286. The van der Waals surface area contributed by atoms with Gasteiger partial charge in [-0.1, -0.05) is 5.21 Å². The molecule has 5 nitrogen and oxygen atoms in total. The van der Waals surface area contributed by atoms with Gasteiger partial charge < -0.3 is 0 Å². The lowest BCUT2D eigenvalue weighted by Gasteiger charge is -2.06. The van der Waals surface area contributed by atoms with Gasteiger partial charge in [-0.3, -0.25) is 4.98 Å². The number of aromatic nitrogens is 5. The summed E-state index contributed by atoms with van der Waals surface area (Å²) in [7, 11) is 0. The van der Waals surface area contributed by atoms with Crippen molar-refractivity contribution in [2.75, 3.05) is 0 Å². The van der Waals surface area contributed by atoms with Gasteiger partial charge in [0.25, 0.3) is 0 Å². The molecular formula is C16H10FN5S. The van der Waals surface area contributed by atoms with Crippen LogP contribution >= 0.6 is 11.3 Å². The summed E-state index contributed by atoms with van der Waals surface area (Å²) in [6.07, 6.45) is 5.14. The van der Waals surface area contributed by atoms with E-state index < -0.39 is 0 Å². The van der Waals surface area contributed by atoms with Crippen LogP contribution in [0.4, 0.5) is 4.39 Å². The molecule has 1 aromatic carbocycles. The predicted octanol–water partition coefficient (Wildman–Crippen LogP) is 3.59. The predicted molar refractivity (Wildman–Crippen MR) is 85.7 cm³/mol. The zero-order chi connectivity index (χ0) is 15.6. The maximum absolute atomic E-state index is 13.2. The number of hydrogen-bond acceptors (Lipinski definition) is 5. The summed E-state index contributed by atoms with van der Waals surface area (Å²) in [5.41, 5.74) is 3.18. The van der Waals surface area contributed by atoms with Crippen LogP contribution in [0.2, 0.25) is 0 Å². The van der Waals surface area contributed by atoms with Crippen molar-refractivity contribution in [2.45, 2.75) is 0 Å². The average Bonchev–Trinajstić information content (AvgIpc) is 3.25. The van der Waals surface area contributed by atoms with Gasteiger partial charge in [0.15, 0.2) is 0 Å². The molecule has 0 N–H and O–H groups in total. The quantitative estimate of drug-likeness (QED) is 0.578. The van der Waals surface area contributed by atoms with Gasteiger partial charge in [-0.15, -0.1) is 16.4 Å². The van der Waals surface area contributed by atoms with E-state index >= 15 is 0 Å². The third-order valence-corrected chi connectivity index (χ3v) is 4.09. The van der Waals surface area contributed by atoms with Crippen LogP contribution < -0.4 is 0 Å². The zero-order valence-corrected chi connectivity index (χ0v) is 12.6. The number of rotatable bonds is 3. The number of hydrogen-bond donors (Lipinski definition) is 0. The Hall–Kier alpha value is -2.93. The molecule has 0 amide bonds. The van der Waals surface area contributed by atoms with Crippen molar-refractivity contribution in [3.05, 3.63) is 66.2 Å². The summed E-state index contributed by atoms with van der Waals surface area (Å²) >= 11 is 1.47. The normalized spacial score (nSPS) is 10.8. The molecule has 0 unspecified atom stereocenters. The molecule has 7 heteroatoms. The van der Waals surface area contributed by atoms with Crippen LogP contribution in [0.3, 0.4) is 0 Å². The van der Waals surface area contributed by atoms with E-state index in [9.17, 15) is 4.39 Å². The van der Waals surface area contributed by atoms with Gasteiger partial charge in [0, 0.05) is 35.1 Å². The molecule has 0 aliphatic heterocycles. The molecule has 4 rings (SSSR count). The second kappa shape index (κ2) is 5.69. The Kier molecular flexibility index (Phi) is 3.39. The van der Waals surface area contributed by atoms with Crippen molar-refractivity contribution >= 4 is 11.3 Å². The fourth-order valence-electron chi connectivity index (χ4n) is 2.31. The monoisotopic (exact) mass is 323 g/mol. The Labute approximate surface area is 135 Å². The molecule has 0 saturated heterocycles. The number of halogens is 1. The standard InChI is InChI=1S/C16H10FN5S/c17-13-3-1-11(2-4-13)14-15(12-5-7-18-8-6-12)22(21-20-14)16-19-9-10-23-16/h1-10H. The summed E-state index contributed by atoms with van der Waals surface area (Å²) in [5, 5.41) is 11.1. The van der Waals surface area contributed by atoms with Crippen LogP contribution in [0.15, 0.2) is 60.4 Å². The SMILES string of the molecule is Fc1ccc(-c2nnn(-c3nccs3)c2-c2ccncc2)cc1. The van der Waals surface area contributed by atoms with Crippen molar-refractivity contribution in [3.8, 4) is 27.6 Å². The van der Waals surface area contributed by atoms with Gasteiger partial charge in [-0.05, 0) is 36.4 Å². The average molecular weight is 323 g/mol. The lowest BCUT2D eigenvalue weighted by Crippen LogP contribution is -1.99. The lowest BCUT2D eigenvalue weighted by molar-refractivity contribution is 0.628. The van der Waals surface area contributed by atoms with E-state index in [0.29, 0.717) is 5.69 Å². The Bertz CT molecular complexity index is 917. The zero-order valence-electron chi connectivity index (χ0n) is 11.8. The molecule has 0 aliphatic rings. The molecule has 0 fully saturated rings. The molecule has 0 radical (unpaired) electrons. The van der Waals surface area contributed by atoms with Crippen molar-refractivity contribution in [1.82, 2.24) is 25.0 Å². The third-order valence-electron chi connectivity index (χ3n) is 3.34. The first-order valence-corrected chi connectivity index (χ1v) is 7.73. The topological polar surface area (TPSA) is 56.5 Å². The van der Waals surface area contributed by atoms with Crippen LogP contribution in [0.25, 0.3) is 27.6 Å². The molecule has 0 saturated carbocycles. The van der Waals surface area contributed by atoms with E-state index in [1.165, 1.54) is 23.5 Å². The third kappa shape index (κ3) is 2.51. The molecule has 0 bridgehead atoms. The summed E-state index contributed by atoms with van der Waals surface area (Å²) < 4.78 is 14.9. The van der Waals surface area contributed by atoms with Gasteiger partial charge in [0.05, 0.1) is 0 Å². The summed E-state index contributed by atoms with van der Waals surface area (Å²) in [4.78, 5) is 8.35. The van der Waals surface area contributed by atoms with E-state index in [-0.39, 0.29) is 5.82 Å². The van der Waals surface area contributed by atoms with Crippen LogP contribution in [-0.4, -0.2) is 25.0 Å². The highest BCUT2D eigenvalue weighted by Gasteiger charge is 2.19. The Morgan fingerprint density at radius 2 is 1.70 bits per heavy atom. The largest absolute Gasteiger partial charge is 0.265 e. The summed E-state index contributed by atoms with van der Waals surface area (Å²) in [6.45, 7) is 0. The van der Waals surface area contributed by atoms with Gasteiger partial charge in [0.1, 0.15) is 17.2 Å². The molecule has 112 valence electrons. The van der Waals surface area contributed by atoms with Crippen LogP contribution in [0.5, 0.6) is 0 Å². The molecule has 4 aromatic rings. The minimum Gasteiger partial charge on any atom is -0.265 e. The molecule has 0 spiro atoms. The summed E-state index contributed by atoms with van der Waals surface area (Å²) in [6, 6.07) is 9.97. The molecule has 3 heterocycles. The fraction of sp³-hybridized carbons (Fsp3) is 0. The van der Waals surface area contributed by atoms with Crippen LogP contribution in [-0.2, 0) is 0 Å². The highest BCUT2D eigenvalue weighted by atomic mass is 32.1. The van der Waals surface area contributed by atoms with Crippen molar-refractivity contribution in [2.24, 2.45) is 0 Å². The lowest BCUT2D eigenvalue weighted by atomic mass is 10.1. The number of nitrogens with zero attached hydrogens (tertiary/aromatic N) is 5. The first kappa shape index (κ1) is 13.7. The molecule has 3 aromatic heterocycles. The second-order valence-electron chi connectivity index (χ2n) is 4.76. The van der Waals surface area contributed by atoms with Crippen molar-refractivity contribution in [3.63, 3.8) is 0 Å². The minimum atomic E-state index is -0.286. The van der Waals surface area contributed by atoms with E-state index in [1.807, 2.05) is 17.5 Å². The fourth-order valence-corrected chi connectivity index (χ4v) is 2.90. The first-order valence-electron chi connectivity index (χ1n) is 6.85. The van der Waals surface area contributed by atoms with Crippen molar-refractivity contribution < 1.29 is 4.39 Å². The van der Waals surface area contributed by atoms with Gasteiger partial charge in [-0.2, -0.15) is 4.68 Å². The smallest absolute Gasteiger partial charge is 0.212 e. The number of benzene rings is 1. The molecule has 0 aliphatic carbocycles. The molecular weight excluding hydrogens is 313 g/mol. The van der Waals surface area contributed by atoms with Crippen LogP contribution in [0, 0.1) is 5.82 Å². The maximum atomic E-state index is 13.2. The van der Waals surface area contributed by atoms with Crippen LogP contribution in [0.1, 0.15) is 0 Å². The van der Waals surface area contributed by atoms with Gasteiger partial charge >= 0.3 is 0 Å². The van der Waals surface area contributed by atoms with Gasteiger partial charge in [0.2, 0.25) is 5.13 Å². The van der Waals surface area contributed by atoms with Gasteiger partial charge in [-0.25, -0.2) is 9.37 Å². The Morgan fingerprint density at radius 1 is 0.913 bits per heavy atom. The number of thiazole rings is 1.